The molecule has 5 rings (SSSR count). The Labute approximate surface area is 175 Å². The fourth-order valence-electron chi connectivity index (χ4n) is 5.45. The summed E-state index contributed by atoms with van der Waals surface area (Å²) in [5, 5.41) is 7.69. The number of rotatable bonds is 5. The van der Waals surface area contributed by atoms with E-state index in [0.29, 0.717) is 43.7 Å². The van der Waals surface area contributed by atoms with Crippen molar-refractivity contribution in [2.75, 3.05) is 19.6 Å². The van der Waals surface area contributed by atoms with E-state index in [1.807, 2.05) is 18.2 Å². The standard InChI is InChI=1S/C22H28N4O2S/c27-20(8-9-21-25-16-4-1-2-6-19(16)29-21)24-13-18-15-10-14(11-23-12-15)17-5-3-7-22(28)26(17)18/h1-2,4,6,14-15,17-18,23H,3,5,7-13H2,(H,24,27)/t14-,15+,17+,18+/m1/s1. The summed E-state index contributed by atoms with van der Waals surface area (Å²) in [4.78, 5) is 32.0. The van der Waals surface area contributed by atoms with Crippen molar-refractivity contribution in [2.24, 2.45) is 11.8 Å². The second-order valence-electron chi connectivity index (χ2n) is 8.62. The van der Waals surface area contributed by atoms with Gasteiger partial charge in [-0.3, -0.25) is 9.59 Å². The summed E-state index contributed by atoms with van der Waals surface area (Å²) < 4.78 is 1.17. The molecule has 3 aliphatic rings. The van der Waals surface area contributed by atoms with Crippen molar-refractivity contribution in [1.82, 2.24) is 20.5 Å². The van der Waals surface area contributed by atoms with E-state index < -0.39 is 0 Å². The SMILES string of the molecule is O=C(CCc1nc2ccccc2s1)NC[C@H]1[C@@H]2CNC[C@@H](C2)[C@@H]2CCCC(=O)N21. The third-order valence-electron chi connectivity index (χ3n) is 6.81. The van der Waals surface area contributed by atoms with E-state index in [-0.39, 0.29) is 17.9 Å². The molecule has 0 unspecified atom stereocenters. The average molecular weight is 413 g/mol. The molecule has 3 saturated heterocycles. The third-order valence-corrected chi connectivity index (χ3v) is 7.91. The van der Waals surface area contributed by atoms with E-state index in [1.54, 1.807) is 11.3 Å². The van der Waals surface area contributed by atoms with Gasteiger partial charge in [0.05, 0.1) is 21.3 Å². The van der Waals surface area contributed by atoms with Gasteiger partial charge in [-0.05, 0) is 49.8 Å². The number of aromatic nitrogens is 1. The first-order valence-corrected chi connectivity index (χ1v) is 11.6. The number of benzene rings is 1. The van der Waals surface area contributed by atoms with Crippen LogP contribution in [0, 0.1) is 11.8 Å². The molecule has 2 N–H and O–H groups in total. The highest BCUT2D eigenvalue weighted by Crippen LogP contribution is 2.39. The van der Waals surface area contributed by atoms with E-state index in [4.69, 9.17) is 0 Å². The maximum atomic E-state index is 12.7. The molecule has 2 bridgehead atoms. The number of amides is 2. The van der Waals surface area contributed by atoms with Crippen molar-refractivity contribution >= 4 is 33.4 Å². The van der Waals surface area contributed by atoms with Gasteiger partial charge in [0, 0.05) is 38.4 Å². The molecular formula is C22H28N4O2S. The van der Waals surface area contributed by atoms with Gasteiger partial charge in [-0.2, -0.15) is 0 Å². The van der Waals surface area contributed by atoms with Crippen molar-refractivity contribution in [3.05, 3.63) is 29.3 Å². The lowest BCUT2D eigenvalue weighted by atomic mass is 9.72. The number of thiazole rings is 1. The summed E-state index contributed by atoms with van der Waals surface area (Å²) in [5.41, 5.74) is 1.00. The molecule has 4 heterocycles. The largest absolute Gasteiger partial charge is 0.354 e. The topological polar surface area (TPSA) is 74.3 Å². The van der Waals surface area contributed by atoms with Gasteiger partial charge in [-0.1, -0.05) is 12.1 Å². The Bertz CT molecular complexity index is 880. The number of piperidine rings is 3. The molecule has 2 amide bonds. The second-order valence-corrected chi connectivity index (χ2v) is 9.74. The lowest BCUT2D eigenvalue weighted by Gasteiger charge is -2.54. The van der Waals surface area contributed by atoms with Crippen LogP contribution in [0.15, 0.2) is 24.3 Å². The Balaban J connectivity index is 1.20. The smallest absolute Gasteiger partial charge is 0.223 e. The Kier molecular flexibility index (Phi) is 5.26. The summed E-state index contributed by atoms with van der Waals surface area (Å²) in [7, 11) is 0. The third kappa shape index (κ3) is 3.78. The van der Waals surface area contributed by atoms with Crippen molar-refractivity contribution in [2.45, 2.75) is 50.6 Å². The first-order valence-electron chi connectivity index (χ1n) is 10.8. The van der Waals surface area contributed by atoms with E-state index in [2.05, 4.69) is 26.6 Å². The van der Waals surface area contributed by atoms with Crippen LogP contribution in [0.1, 0.15) is 37.1 Å². The van der Waals surface area contributed by atoms with Gasteiger partial charge < -0.3 is 15.5 Å². The molecule has 7 heteroatoms. The van der Waals surface area contributed by atoms with E-state index in [0.717, 1.165) is 36.5 Å². The minimum atomic E-state index is 0.0520. The van der Waals surface area contributed by atoms with Crippen LogP contribution in [-0.2, 0) is 16.0 Å². The first-order chi connectivity index (χ1) is 14.2. The number of para-hydroxylation sites is 1. The molecule has 3 aliphatic heterocycles. The molecule has 1 aromatic heterocycles. The first kappa shape index (κ1) is 19.0. The zero-order valence-corrected chi connectivity index (χ0v) is 17.4. The number of fused-ring (bicyclic) bond motifs is 5. The maximum absolute atomic E-state index is 12.7. The van der Waals surface area contributed by atoms with Crippen molar-refractivity contribution < 1.29 is 9.59 Å². The highest BCUT2D eigenvalue weighted by atomic mass is 32.1. The Morgan fingerprint density at radius 3 is 3.03 bits per heavy atom. The number of carbonyl (C=O) groups excluding carboxylic acids is 2. The fraction of sp³-hybridized carbons (Fsp3) is 0.591. The van der Waals surface area contributed by atoms with Gasteiger partial charge >= 0.3 is 0 Å². The van der Waals surface area contributed by atoms with Crippen LogP contribution in [0.2, 0.25) is 0 Å². The molecule has 3 fully saturated rings. The lowest BCUT2D eigenvalue weighted by Crippen LogP contribution is -2.66. The van der Waals surface area contributed by atoms with Gasteiger partial charge in [0.2, 0.25) is 11.8 Å². The minimum absolute atomic E-state index is 0.0520. The summed E-state index contributed by atoms with van der Waals surface area (Å²) in [6.07, 6.45) is 5.04. The number of carbonyl (C=O) groups is 2. The van der Waals surface area contributed by atoms with Gasteiger partial charge in [0.25, 0.3) is 0 Å². The van der Waals surface area contributed by atoms with E-state index >= 15 is 0 Å². The average Bonchev–Trinajstić information content (AvgIpc) is 3.16. The summed E-state index contributed by atoms with van der Waals surface area (Å²) in [5.74, 6) is 1.35. The minimum Gasteiger partial charge on any atom is -0.354 e. The molecule has 0 saturated carbocycles. The molecule has 0 aliphatic carbocycles. The molecule has 6 nitrogen and oxygen atoms in total. The molecule has 154 valence electrons. The second kappa shape index (κ2) is 8.03. The van der Waals surface area contributed by atoms with Crippen LogP contribution in [0.4, 0.5) is 0 Å². The highest BCUT2D eigenvalue weighted by molar-refractivity contribution is 7.18. The number of nitrogens with zero attached hydrogens (tertiary/aromatic N) is 2. The summed E-state index contributed by atoms with van der Waals surface area (Å²) in [6, 6.07) is 8.56. The van der Waals surface area contributed by atoms with Crippen molar-refractivity contribution in [3.8, 4) is 0 Å². The predicted octanol–water partition coefficient (Wildman–Crippen LogP) is 2.33. The monoisotopic (exact) mass is 412 g/mol. The molecule has 2 aromatic rings. The van der Waals surface area contributed by atoms with Crippen LogP contribution in [0.3, 0.4) is 0 Å². The summed E-state index contributed by atoms with van der Waals surface area (Å²) >= 11 is 1.66. The quantitative estimate of drug-likeness (QED) is 0.791. The number of hydrogen-bond acceptors (Lipinski definition) is 5. The molecular weight excluding hydrogens is 384 g/mol. The number of aryl methyl sites for hydroxylation is 1. The Morgan fingerprint density at radius 1 is 1.28 bits per heavy atom. The Morgan fingerprint density at radius 2 is 2.14 bits per heavy atom. The molecule has 1 aromatic carbocycles. The molecule has 4 atom stereocenters. The van der Waals surface area contributed by atoms with Gasteiger partial charge in [-0.15, -0.1) is 11.3 Å². The summed E-state index contributed by atoms with van der Waals surface area (Å²) in [6.45, 7) is 2.53. The lowest BCUT2D eigenvalue weighted by molar-refractivity contribution is -0.149. The maximum Gasteiger partial charge on any atom is 0.223 e. The van der Waals surface area contributed by atoms with E-state index in [9.17, 15) is 9.59 Å². The predicted molar refractivity (Wildman–Crippen MR) is 114 cm³/mol. The normalized spacial score (nSPS) is 29.0. The Hall–Kier alpha value is -1.99. The van der Waals surface area contributed by atoms with Crippen molar-refractivity contribution in [3.63, 3.8) is 0 Å². The van der Waals surface area contributed by atoms with Crippen molar-refractivity contribution in [1.29, 1.82) is 0 Å². The molecule has 29 heavy (non-hydrogen) atoms. The highest BCUT2D eigenvalue weighted by Gasteiger charge is 2.47. The van der Waals surface area contributed by atoms with Crippen LogP contribution in [0.25, 0.3) is 10.2 Å². The number of nitrogens with one attached hydrogen (secondary N) is 2. The van der Waals surface area contributed by atoms with Crippen LogP contribution in [-0.4, -0.2) is 53.4 Å². The van der Waals surface area contributed by atoms with Gasteiger partial charge in [0.1, 0.15) is 0 Å². The van der Waals surface area contributed by atoms with Gasteiger partial charge in [-0.25, -0.2) is 4.98 Å². The molecule has 0 radical (unpaired) electrons. The van der Waals surface area contributed by atoms with E-state index in [1.165, 1.54) is 11.1 Å². The molecule has 0 spiro atoms. The zero-order valence-electron chi connectivity index (χ0n) is 16.6. The number of hydrogen-bond donors (Lipinski definition) is 2. The van der Waals surface area contributed by atoms with Crippen LogP contribution in [0.5, 0.6) is 0 Å². The van der Waals surface area contributed by atoms with Crippen LogP contribution >= 0.6 is 11.3 Å². The van der Waals surface area contributed by atoms with Crippen LogP contribution < -0.4 is 10.6 Å². The van der Waals surface area contributed by atoms with Gasteiger partial charge in [0.15, 0.2) is 0 Å². The zero-order chi connectivity index (χ0) is 19.8. The fourth-order valence-corrected chi connectivity index (χ4v) is 6.42.